The van der Waals surface area contributed by atoms with Gasteiger partial charge in [0.2, 0.25) is 0 Å². The van der Waals surface area contributed by atoms with Crippen LogP contribution in [-0.4, -0.2) is 19.8 Å². The maximum atomic E-state index is 5.88. The average molecular weight is 454 g/mol. The normalized spacial score (nSPS) is 10.5. The Morgan fingerprint density at radius 1 is 0.500 bits per heavy atom. The van der Waals surface area contributed by atoms with Gasteiger partial charge >= 0.3 is 0 Å². The highest BCUT2D eigenvalue weighted by molar-refractivity contribution is 5.47. The van der Waals surface area contributed by atoms with Crippen molar-refractivity contribution < 1.29 is 14.2 Å². The van der Waals surface area contributed by atoms with Crippen LogP contribution >= 0.6 is 0 Å². The Hall–Kier alpha value is -3.92. The first-order chi connectivity index (χ1) is 16.8. The summed E-state index contributed by atoms with van der Waals surface area (Å²) < 4.78 is 17.4. The molecule has 0 radical (unpaired) electrons. The van der Waals surface area contributed by atoms with E-state index in [2.05, 4.69) is 41.7 Å². The van der Waals surface area contributed by atoms with Crippen molar-refractivity contribution in [2.45, 2.75) is 19.4 Å². The van der Waals surface area contributed by atoms with Crippen molar-refractivity contribution in [3.63, 3.8) is 0 Å². The number of rotatable bonds is 13. The number of nitrogens with one attached hydrogen (secondary N) is 1. The molecule has 4 heteroatoms. The van der Waals surface area contributed by atoms with Crippen LogP contribution in [0.1, 0.15) is 17.5 Å². The maximum Gasteiger partial charge on any atom is 0.122 e. The molecule has 0 bridgehead atoms. The SMILES string of the molecule is c1ccc(CCCOc2ccc(NCc3cccc(OCCOc4ccccc4)c3)cc2)cc1. The maximum absolute atomic E-state index is 5.88. The second kappa shape index (κ2) is 12.9. The van der Waals surface area contributed by atoms with Gasteiger partial charge in [0.1, 0.15) is 30.5 Å². The number of aryl methyl sites for hydroxylation is 1. The van der Waals surface area contributed by atoms with E-state index < -0.39 is 0 Å². The molecule has 0 unspecified atom stereocenters. The number of anilines is 1. The summed E-state index contributed by atoms with van der Waals surface area (Å²) in [4.78, 5) is 0. The summed E-state index contributed by atoms with van der Waals surface area (Å²) in [5.74, 6) is 2.59. The lowest BCUT2D eigenvalue weighted by Crippen LogP contribution is -2.09. The quantitative estimate of drug-likeness (QED) is 0.227. The molecule has 34 heavy (non-hydrogen) atoms. The van der Waals surface area contributed by atoms with Gasteiger partial charge in [-0.2, -0.15) is 0 Å². The Bertz CT molecular complexity index is 1100. The number of hydrogen-bond donors (Lipinski definition) is 1. The minimum atomic E-state index is 0.499. The van der Waals surface area contributed by atoms with Gasteiger partial charge in [0.25, 0.3) is 0 Å². The van der Waals surface area contributed by atoms with Crippen molar-refractivity contribution in [3.8, 4) is 17.2 Å². The predicted molar refractivity (Wildman–Crippen MR) is 138 cm³/mol. The summed E-state index contributed by atoms with van der Waals surface area (Å²) in [6.45, 7) is 2.44. The smallest absolute Gasteiger partial charge is 0.122 e. The van der Waals surface area contributed by atoms with Gasteiger partial charge in [-0.25, -0.2) is 0 Å². The Morgan fingerprint density at radius 3 is 1.85 bits per heavy atom. The van der Waals surface area contributed by atoms with Crippen LogP contribution in [0.3, 0.4) is 0 Å². The Labute approximate surface area is 202 Å². The van der Waals surface area contributed by atoms with Crippen LogP contribution in [0.4, 0.5) is 5.69 Å². The summed E-state index contributed by atoms with van der Waals surface area (Å²) in [7, 11) is 0. The van der Waals surface area contributed by atoms with Crippen LogP contribution in [-0.2, 0) is 13.0 Å². The van der Waals surface area contributed by atoms with Crippen molar-refractivity contribution >= 4 is 5.69 Å². The van der Waals surface area contributed by atoms with Gasteiger partial charge < -0.3 is 19.5 Å². The first-order valence-corrected chi connectivity index (χ1v) is 11.8. The zero-order chi connectivity index (χ0) is 23.3. The van der Waals surface area contributed by atoms with Gasteiger partial charge in [-0.15, -0.1) is 0 Å². The molecule has 0 atom stereocenters. The average Bonchev–Trinajstić information content (AvgIpc) is 2.90. The molecule has 0 fully saturated rings. The number of ether oxygens (including phenoxy) is 3. The molecule has 1 N–H and O–H groups in total. The molecule has 0 saturated carbocycles. The zero-order valence-electron chi connectivity index (χ0n) is 19.4. The lowest BCUT2D eigenvalue weighted by molar-refractivity contribution is 0.217. The Morgan fingerprint density at radius 2 is 1.09 bits per heavy atom. The van der Waals surface area contributed by atoms with E-state index in [4.69, 9.17) is 14.2 Å². The van der Waals surface area contributed by atoms with Crippen LogP contribution in [0.15, 0.2) is 109 Å². The highest BCUT2D eigenvalue weighted by atomic mass is 16.5. The minimum Gasteiger partial charge on any atom is -0.494 e. The predicted octanol–water partition coefficient (Wildman–Crippen LogP) is 6.77. The first kappa shape index (κ1) is 23.2. The molecular weight excluding hydrogens is 422 g/mol. The molecule has 4 rings (SSSR count). The zero-order valence-corrected chi connectivity index (χ0v) is 19.4. The van der Waals surface area contributed by atoms with Gasteiger partial charge in [-0.05, 0) is 72.5 Å². The molecule has 174 valence electrons. The van der Waals surface area contributed by atoms with E-state index in [0.29, 0.717) is 19.8 Å². The molecule has 4 aromatic carbocycles. The molecule has 0 aliphatic rings. The molecule has 0 saturated heterocycles. The van der Waals surface area contributed by atoms with Crippen molar-refractivity contribution in [2.24, 2.45) is 0 Å². The number of para-hydroxylation sites is 1. The topological polar surface area (TPSA) is 39.7 Å². The van der Waals surface area contributed by atoms with Gasteiger partial charge in [-0.1, -0.05) is 60.7 Å². The van der Waals surface area contributed by atoms with E-state index in [9.17, 15) is 0 Å². The highest BCUT2D eigenvalue weighted by Crippen LogP contribution is 2.19. The second-order valence-electron chi connectivity index (χ2n) is 7.97. The summed E-state index contributed by atoms with van der Waals surface area (Å²) in [5.41, 5.74) is 3.56. The monoisotopic (exact) mass is 453 g/mol. The second-order valence-corrected chi connectivity index (χ2v) is 7.97. The lowest BCUT2D eigenvalue weighted by Gasteiger charge is -2.11. The number of hydrogen-bond acceptors (Lipinski definition) is 4. The summed E-state index contributed by atoms with van der Waals surface area (Å²) >= 11 is 0. The third-order valence-electron chi connectivity index (χ3n) is 5.33. The van der Waals surface area contributed by atoms with Crippen LogP contribution < -0.4 is 19.5 Å². The van der Waals surface area contributed by atoms with Gasteiger partial charge in [0, 0.05) is 12.2 Å². The third-order valence-corrected chi connectivity index (χ3v) is 5.33. The molecule has 4 nitrogen and oxygen atoms in total. The summed E-state index contributed by atoms with van der Waals surface area (Å²) in [5, 5.41) is 3.46. The van der Waals surface area contributed by atoms with Crippen LogP contribution in [0.2, 0.25) is 0 Å². The molecule has 0 aliphatic heterocycles. The van der Waals surface area contributed by atoms with Crippen molar-refractivity contribution in [2.75, 3.05) is 25.1 Å². The fourth-order valence-corrected chi connectivity index (χ4v) is 3.57. The van der Waals surface area contributed by atoms with Gasteiger partial charge in [0.05, 0.1) is 6.61 Å². The van der Waals surface area contributed by atoms with Crippen molar-refractivity contribution in [1.82, 2.24) is 0 Å². The molecule has 0 aliphatic carbocycles. The molecule has 0 aromatic heterocycles. The van der Waals surface area contributed by atoms with Crippen LogP contribution in [0.25, 0.3) is 0 Å². The molecule has 0 amide bonds. The lowest BCUT2D eigenvalue weighted by atomic mass is 10.1. The minimum absolute atomic E-state index is 0.499. The molecular formula is C30H31NO3. The van der Waals surface area contributed by atoms with E-state index in [-0.39, 0.29) is 0 Å². The molecule has 0 heterocycles. The number of benzene rings is 4. The fourth-order valence-electron chi connectivity index (χ4n) is 3.57. The van der Waals surface area contributed by atoms with Gasteiger partial charge in [0.15, 0.2) is 0 Å². The summed E-state index contributed by atoms with van der Waals surface area (Å²) in [6.07, 6.45) is 2.03. The molecule has 4 aromatic rings. The first-order valence-electron chi connectivity index (χ1n) is 11.8. The Kier molecular flexibility index (Phi) is 8.85. The van der Waals surface area contributed by atoms with Gasteiger partial charge in [-0.3, -0.25) is 0 Å². The van der Waals surface area contributed by atoms with Crippen LogP contribution in [0.5, 0.6) is 17.2 Å². The van der Waals surface area contributed by atoms with E-state index in [1.807, 2.05) is 72.8 Å². The Balaban J connectivity index is 1.15. The van der Waals surface area contributed by atoms with Crippen molar-refractivity contribution in [1.29, 1.82) is 0 Å². The van der Waals surface area contributed by atoms with Crippen LogP contribution in [0, 0.1) is 0 Å². The standard InChI is InChI=1S/C30H31NO3/c1-3-9-25(10-4-1)12-8-20-32-29-18-16-27(17-19-29)31-24-26-11-7-15-30(23-26)34-22-21-33-28-13-5-2-6-14-28/h1-7,9-11,13-19,23,31H,8,12,20-22,24H2. The largest absolute Gasteiger partial charge is 0.494 e. The fraction of sp³-hybridized carbons (Fsp3) is 0.200. The van der Waals surface area contributed by atoms with E-state index in [1.54, 1.807) is 0 Å². The van der Waals surface area contributed by atoms with E-state index in [1.165, 1.54) is 5.56 Å². The third kappa shape index (κ3) is 7.89. The van der Waals surface area contributed by atoms with Crippen molar-refractivity contribution in [3.05, 3.63) is 120 Å². The van der Waals surface area contributed by atoms with E-state index >= 15 is 0 Å². The highest BCUT2D eigenvalue weighted by Gasteiger charge is 2.01. The molecule has 0 spiro atoms. The van der Waals surface area contributed by atoms with E-state index in [0.717, 1.165) is 47.9 Å². The summed E-state index contributed by atoms with van der Waals surface area (Å²) in [6, 6.07) is 36.5.